The molecule has 1 radical (unpaired) electrons. The molecule has 0 bridgehead atoms. The van der Waals surface area contributed by atoms with Gasteiger partial charge in [0.15, 0.2) is 0 Å². The summed E-state index contributed by atoms with van der Waals surface area (Å²) in [6, 6.07) is 34.4. The van der Waals surface area contributed by atoms with Crippen LogP contribution in [0.1, 0.15) is 49.1 Å². The maximum atomic E-state index is 4.92. The van der Waals surface area contributed by atoms with Gasteiger partial charge in [-0.15, -0.1) is 58.8 Å². The second-order valence-electron chi connectivity index (χ2n) is 12.4. The quantitative estimate of drug-likeness (QED) is 0.132. The van der Waals surface area contributed by atoms with Crippen LogP contribution in [0.15, 0.2) is 91.3 Å². The van der Waals surface area contributed by atoms with E-state index in [1.165, 1.54) is 74.2 Å². The van der Waals surface area contributed by atoms with Crippen molar-refractivity contribution in [2.45, 2.75) is 64.6 Å². The van der Waals surface area contributed by atoms with Gasteiger partial charge in [0.25, 0.3) is 0 Å². The second-order valence-corrected chi connectivity index (χ2v) is 18.5. The van der Waals surface area contributed by atoms with E-state index in [0.29, 0.717) is 5.92 Å². The van der Waals surface area contributed by atoms with Crippen LogP contribution in [0.5, 0.6) is 0 Å². The molecule has 1 aliphatic rings. The summed E-state index contributed by atoms with van der Waals surface area (Å²) in [6.45, 7) is 9.32. The van der Waals surface area contributed by atoms with Gasteiger partial charge in [-0.2, -0.15) is 11.3 Å². The molecule has 1 saturated carbocycles. The van der Waals surface area contributed by atoms with Crippen molar-refractivity contribution in [2.24, 2.45) is 0 Å². The van der Waals surface area contributed by atoms with Crippen LogP contribution >= 0.6 is 11.3 Å². The Morgan fingerprint density at radius 3 is 2.21 bits per heavy atom. The molecule has 0 aliphatic heterocycles. The first-order valence-corrected chi connectivity index (χ1v) is 19.4. The number of hydrogen-bond donors (Lipinski definition) is 0. The average Bonchev–Trinajstić information content (AvgIpc) is 3.41. The van der Waals surface area contributed by atoms with Crippen LogP contribution in [0.25, 0.3) is 42.7 Å². The van der Waals surface area contributed by atoms with E-state index in [-0.39, 0.29) is 20.1 Å². The van der Waals surface area contributed by atoms with Crippen LogP contribution in [0.2, 0.25) is 19.6 Å². The normalized spacial score (nSPS) is 13.8. The first-order valence-electron chi connectivity index (χ1n) is 15.1. The van der Waals surface area contributed by atoms with Gasteiger partial charge in [0, 0.05) is 45.3 Å². The predicted molar refractivity (Wildman–Crippen MR) is 183 cm³/mol. The van der Waals surface area contributed by atoms with Crippen molar-refractivity contribution in [2.75, 3.05) is 0 Å². The van der Waals surface area contributed by atoms with Gasteiger partial charge in [-0.1, -0.05) is 86.8 Å². The molecule has 1 aliphatic carbocycles. The summed E-state index contributed by atoms with van der Waals surface area (Å²) in [4.78, 5) is 9.24. The number of thiophene rings is 1. The fourth-order valence-corrected chi connectivity index (χ4v) is 8.80. The van der Waals surface area contributed by atoms with Gasteiger partial charge in [0.2, 0.25) is 0 Å². The first-order chi connectivity index (χ1) is 20.4. The molecular weight excluding hydrogens is 737 g/mol. The fourth-order valence-electron chi connectivity index (χ4n) is 5.96. The minimum atomic E-state index is -1.48. The Labute approximate surface area is 275 Å². The topological polar surface area (TPSA) is 25.8 Å². The smallest absolute Gasteiger partial charge is 0.0300 e. The van der Waals surface area contributed by atoms with Crippen LogP contribution < -0.4 is 5.19 Å². The Morgan fingerprint density at radius 1 is 0.791 bits per heavy atom. The molecule has 221 valence electrons. The zero-order chi connectivity index (χ0) is 29.1. The monoisotopic (exact) mass is 775 g/mol. The third kappa shape index (κ3) is 7.07. The molecule has 0 N–H and O–H groups in total. The van der Waals surface area contributed by atoms with Gasteiger partial charge >= 0.3 is 0 Å². The number of aromatic nitrogens is 2. The largest absolute Gasteiger partial charge is 0.304 e. The summed E-state index contributed by atoms with van der Waals surface area (Å²) in [5, 5.41) is 4.34. The second kappa shape index (κ2) is 13.8. The van der Waals surface area contributed by atoms with E-state index >= 15 is 0 Å². The van der Waals surface area contributed by atoms with Crippen LogP contribution in [0, 0.1) is 19.1 Å². The number of hydrogen-bond acceptors (Lipinski definition) is 3. The summed E-state index contributed by atoms with van der Waals surface area (Å²) < 4.78 is 2.71. The molecular formula is C38H38IrN2SSi-2. The summed E-state index contributed by atoms with van der Waals surface area (Å²) in [5.41, 5.74) is 6.84. The molecule has 0 amide bonds. The number of pyridine rings is 2. The van der Waals surface area contributed by atoms with E-state index in [9.17, 15) is 0 Å². The molecule has 0 unspecified atom stereocenters. The first kappa shape index (κ1) is 31.5. The van der Waals surface area contributed by atoms with Gasteiger partial charge in [0.05, 0.1) is 0 Å². The summed E-state index contributed by atoms with van der Waals surface area (Å²) in [7, 11) is -1.48. The van der Waals surface area contributed by atoms with Crippen molar-refractivity contribution in [3.63, 3.8) is 0 Å². The Bertz CT molecular complexity index is 1780. The van der Waals surface area contributed by atoms with Gasteiger partial charge in [0.1, 0.15) is 0 Å². The zero-order valence-electron chi connectivity index (χ0n) is 25.4. The number of nitrogens with zero attached hydrogens (tertiary/aromatic N) is 2. The average molecular weight is 775 g/mol. The van der Waals surface area contributed by atoms with Crippen LogP contribution in [-0.2, 0) is 20.1 Å². The van der Waals surface area contributed by atoms with E-state index in [1.54, 1.807) is 0 Å². The Morgan fingerprint density at radius 2 is 1.53 bits per heavy atom. The summed E-state index contributed by atoms with van der Waals surface area (Å²) in [6.07, 6.45) is 10.8. The van der Waals surface area contributed by atoms with Crippen molar-refractivity contribution >= 4 is 44.8 Å². The Kier molecular flexibility index (Phi) is 10.1. The van der Waals surface area contributed by atoms with Crippen molar-refractivity contribution in [1.82, 2.24) is 9.97 Å². The molecule has 1 fully saturated rings. The number of fused-ring (bicyclic) bond motifs is 3. The molecule has 43 heavy (non-hydrogen) atoms. The molecule has 3 aromatic heterocycles. The molecule has 2 nitrogen and oxygen atoms in total. The van der Waals surface area contributed by atoms with Gasteiger partial charge in [-0.3, -0.25) is 0 Å². The number of benzene rings is 3. The van der Waals surface area contributed by atoms with E-state index < -0.39 is 8.07 Å². The zero-order valence-corrected chi connectivity index (χ0v) is 29.6. The van der Waals surface area contributed by atoms with Crippen LogP contribution in [0.3, 0.4) is 0 Å². The minimum absolute atomic E-state index is 0. The number of aryl methyl sites for hydroxylation is 1. The summed E-state index contributed by atoms with van der Waals surface area (Å²) in [5.74, 6) is 0.702. The van der Waals surface area contributed by atoms with Gasteiger partial charge < -0.3 is 9.97 Å². The van der Waals surface area contributed by atoms with E-state index in [1.807, 2.05) is 54.8 Å². The maximum absolute atomic E-state index is 4.92. The molecule has 0 atom stereocenters. The van der Waals surface area contributed by atoms with Gasteiger partial charge in [-0.05, 0) is 64.4 Å². The van der Waals surface area contributed by atoms with Crippen LogP contribution in [-0.4, -0.2) is 18.0 Å². The van der Waals surface area contributed by atoms with Crippen molar-refractivity contribution in [1.29, 1.82) is 0 Å². The van der Waals surface area contributed by atoms with Crippen molar-refractivity contribution < 1.29 is 20.1 Å². The van der Waals surface area contributed by atoms with Crippen molar-refractivity contribution in [3.8, 4) is 22.5 Å². The van der Waals surface area contributed by atoms with Gasteiger partial charge in [-0.25, -0.2) is 0 Å². The van der Waals surface area contributed by atoms with Crippen molar-refractivity contribution in [3.05, 3.63) is 115 Å². The minimum Gasteiger partial charge on any atom is -0.304 e. The molecule has 7 rings (SSSR count). The third-order valence-corrected chi connectivity index (χ3v) is 11.5. The van der Waals surface area contributed by atoms with E-state index in [2.05, 4.69) is 91.5 Å². The molecule has 3 aromatic carbocycles. The standard InChI is InChI=1S/C26H28NSSi.C12H10N.Ir/c1-29(2,3)24-16-14-20(26-25(24)21-11-7-8-12-23(21)28-26)22-15-13-19(17-27-22)18-9-5-4-6-10-18;1-10-7-8-12(13-9-10)11-5-3-2-4-6-11;/h7-8,11-13,15-18H,4-6,9-10H2,1-3H3;2-5,7-9H,1H3;/q2*-1;. The molecule has 0 spiro atoms. The van der Waals surface area contributed by atoms with E-state index in [0.717, 1.165) is 17.0 Å². The maximum Gasteiger partial charge on any atom is 0.0300 e. The Balaban J connectivity index is 0.000000221. The van der Waals surface area contributed by atoms with Crippen LogP contribution in [0.4, 0.5) is 0 Å². The molecule has 3 heterocycles. The molecule has 6 aromatic rings. The molecule has 5 heteroatoms. The summed E-state index contributed by atoms with van der Waals surface area (Å²) >= 11 is 1.90. The predicted octanol–water partition coefficient (Wildman–Crippen LogP) is 10.4. The van der Waals surface area contributed by atoms with E-state index in [4.69, 9.17) is 4.98 Å². The SMILES string of the molecule is C[Si](C)(C)c1c[c-]c(-c2ccc(C3CCCCC3)cn2)c2sc3ccccc3c12.Cc1ccc(-c2[c-]cccc2)nc1.[Ir]. The molecule has 0 saturated heterocycles. The fraction of sp³-hybridized carbons (Fsp3) is 0.263. The number of rotatable bonds is 4. The Hall–Kier alpha value is -2.95. The third-order valence-electron chi connectivity index (χ3n) is 8.28.